The fraction of sp³-hybridized carbons (Fsp3) is 0.308. The summed E-state index contributed by atoms with van der Waals surface area (Å²) in [7, 11) is 0. The van der Waals surface area contributed by atoms with Crippen molar-refractivity contribution in [2.24, 2.45) is 5.73 Å². The number of benzene rings is 1. The van der Waals surface area contributed by atoms with Gasteiger partial charge in [0.2, 0.25) is 5.91 Å². The van der Waals surface area contributed by atoms with Crippen LogP contribution < -0.4 is 15.8 Å². The highest BCUT2D eigenvalue weighted by Gasteiger charge is 2.20. The molecule has 0 radical (unpaired) electrons. The lowest BCUT2D eigenvalue weighted by Crippen LogP contribution is -2.43. The van der Waals surface area contributed by atoms with Gasteiger partial charge in [0, 0.05) is 12.5 Å². The lowest BCUT2D eigenvalue weighted by atomic mass is 10.1. The van der Waals surface area contributed by atoms with Gasteiger partial charge >= 0.3 is 5.97 Å². The number of carboxylic acids is 1. The standard InChI is InChI=1S/C13H15FN2O5/c14-8-2-1-3-9(6-8)21-7-12(18)16-10(13(19)20)4-5-11(15)17/h1-3,6,10H,4-5,7H2,(H2,15,17)(H,16,18)(H,19,20)/t10-/m1/s1. The van der Waals surface area contributed by atoms with Gasteiger partial charge in [0.25, 0.3) is 5.91 Å². The van der Waals surface area contributed by atoms with Gasteiger partial charge in [-0.15, -0.1) is 0 Å². The largest absolute Gasteiger partial charge is 0.484 e. The second-order valence-corrected chi connectivity index (χ2v) is 4.21. The molecule has 1 aromatic rings. The minimum atomic E-state index is -1.28. The number of halogens is 1. The van der Waals surface area contributed by atoms with Gasteiger partial charge in [-0.25, -0.2) is 9.18 Å². The predicted octanol–water partition coefficient (Wildman–Crippen LogP) is 0.0394. The third-order valence-electron chi connectivity index (χ3n) is 2.48. The Kier molecular flexibility index (Phi) is 6.12. The zero-order chi connectivity index (χ0) is 15.8. The summed E-state index contributed by atoms with van der Waals surface area (Å²) >= 11 is 0. The number of nitrogens with one attached hydrogen (secondary N) is 1. The van der Waals surface area contributed by atoms with E-state index < -0.39 is 36.2 Å². The molecule has 8 heteroatoms. The van der Waals surface area contributed by atoms with E-state index in [0.717, 1.165) is 6.07 Å². The van der Waals surface area contributed by atoms with Gasteiger partial charge in [0.15, 0.2) is 6.61 Å². The van der Waals surface area contributed by atoms with Gasteiger partial charge in [-0.3, -0.25) is 9.59 Å². The molecule has 0 aliphatic heterocycles. The molecule has 0 bridgehead atoms. The van der Waals surface area contributed by atoms with Crippen LogP contribution in [0.3, 0.4) is 0 Å². The Bertz CT molecular complexity index is 535. The van der Waals surface area contributed by atoms with Crippen LogP contribution >= 0.6 is 0 Å². The van der Waals surface area contributed by atoms with Crippen LogP contribution in [0.5, 0.6) is 5.75 Å². The average molecular weight is 298 g/mol. The minimum absolute atomic E-state index is 0.115. The molecule has 0 spiro atoms. The second-order valence-electron chi connectivity index (χ2n) is 4.21. The Balaban J connectivity index is 2.46. The highest BCUT2D eigenvalue weighted by Crippen LogP contribution is 2.11. The van der Waals surface area contributed by atoms with Gasteiger partial charge in [0.1, 0.15) is 17.6 Å². The second kappa shape index (κ2) is 7.83. The van der Waals surface area contributed by atoms with E-state index in [4.69, 9.17) is 15.6 Å². The molecule has 114 valence electrons. The quantitative estimate of drug-likeness (QED) is 0.626. The Morgan fingerprint density at radius 2 is 2.10 bits per heavy atom. The van der Waals surface area contributed by atoms with Crippen LogP contribution in [0.1, 0.15) is 12.8 Å². The van der Waals surface area contributed by atoms with E-state index in [1.54, 1.807) is 0 Å². The first-order valence-corrected chi connectivity index (χ1v) is 6.07. The van der Waals surface area contributed by atoms with Crippen molar-refractivity contribution in [3.63, 3.8) is 0 Å². The molecule has 0 unspecified atom stereocenters. The molecule has 0 aliphatic rings. The van der Waals surface area contributed by atoms with Gasteiger partial charge in [-0.05, 0) is 18.6 Å². The third kappa shape index (κ3) is 6.37. The molecule has 2 amide bonds. The number of carboxylic acid groups (broad SMARTS) is 1. The first-order chi connectivity index (χ1) is 9.88. The van der Waals surface area contributed by atoms with Crippen LogP contribution in [-0.2, 0) is 14.4 Å². The molecule has 0 heterocycles. The normalized spacial score (nSPS) is 11.5. The number of rotatable bonds is 8. The number of primary amides is 1. The predicted molar refractivity (Wildman–Crippen MR) is 69.9 cm³/mol. The highest BCUT2D eigenvalue weighted by atomic mass is 19.1. The van der Waals surface area contributed by atoms with Gasteiger partial charge in [0.05, 0.1) is 0 Å². The Hall–Kier alpha value is -2.64. The molecule has 0 saturated heterocycles. The van der Waals surface area contributed by atoms with E-state index in [2.05, 4.69) is 5.32 Å². The topological polar surface area (TPSA) is 119 Å². The van der Waals surface area contributed by atoms with Crippen molar-refractivity contribution < 1.29 is 28.6 Å². The molecule has 4 N–H and O–H groups in total. The summed E-state index contributed by atoms with van der Waals surface area (Å²) in [5.41, 5.74) is 4.92. The highest BCUT2D eigenvalue weighted by molar-refractivity contribution is 5.85. The SMILES string of the molecule is NC(=O)CC[C@@H](NC(=O)COc1cccc(F)c1)C(=O)O. The summed E-state index contributed by atoms with van der Waals surface area (Å²) in [6, 6.07) is 3.95. The van der Waals surface area contributed by atoms with Crippen molar-refractivity contribution in [2.45, 2.75) is 18.9 Å². The van der Waals surface area contributed by atoms with Crippen molar-refractivity contribution in [3.8, 4) is 5.75 Å². The summed E-state index contributed by atoms with van der Waals surface area (Å²) in [5, 5.41) is 11.1. The number of hydrogen-bond acceptors (Lipinski definition) is 4. The van der Waals surface area contributed by atoms with Crippen LogP contribution in [0.2, 0.25) is 0 Å². The fourth-order valence-electron chi connectivity index (χ4n) is 1.49. The van der Waals surface area contributed by atoms with Crippen molar-refractivity contribution in [3.05, 3.63) is 30.1 Å². The zero-order valence-electron chi connectivity index (χ0n) is 11.0. The lowest BCUT2D eigenvalue weighted by Gasteiger charge is -2.14. The van der Waals surface area contributed by atoms with Gasteiger partial charge in [-0.1, -0.05) is 6.07 Å². The maximum Gasteiger partial charge on any atom is 0.326 e. The van der Waals surface area contributed by atoms with E-state index in [-0.39, 0.29) is 18.6 Å². The summed E-state index contributed by atoms with van der Waals surface area (Å²) in [5.74, 6) is -3.01. The summed E-state index contributed by atoms with van der Waals surface area (Å²) in [6.07, 6.45) is -0.279. The van der Waals surface area contributed by atoms with E-state index in [9.17, 15) is 18.8 Å². The maximum atomic E-state index is 12.9. The molecular formula is C13H15FN2O5. The van der Waals surface area contributed by atoms with Crippen LogP contribution in [0.15, 0.2) is 24.3 Å². The molecule has 1 aromatic carbocycles. The number of aliphatic carboxylic acids is 1. The van der Waals surface area contributed by atoms with E-state index in [0.29, 0.717) is 0 Å². The Labute approximate surface area is 119 Å². The molecular weight excluding hydrogens is 283 g/mol. The van der Waals surface area contributed by atoms with Crippen LogP contribution in [0, 0.1) is 5.82 Å². The molecule has 1 rings (SSSR count). The molecule has 0 fully saturated rings. The Morgan fingerprint density at radius 1 is 1.38 bits per heavy atom. The minimum Gasteiger partial charge on any atom is -0.484 e. The lowest BCUT2D eigenvalue weighted by molar-refractivity contribution is -0.142. The average Bonchev–Trinajstić information content (AvgIpc) is 2.40. The molecule has 7 nitrogen and oxygen atoms in total. The summed E-state index contributed by atoms with van der Waals surface area (Å²) in [4.78, 5) is 33.1. The third-order valence-corrected chi connectivity index (χ3v) is 2.48. The monoisotopic (exact) mass is 298 g/mol. The van der Waals surface area contributed by atoms with Crippen molar-refractivity contribution in [1.82, 2.24) is 5.32 Å². The van der Waals surface area contributed by atoms with Crippen LogP contribution in [-0.4, -0.2) is 35.5 Å². The number of carbonyl (C=O) groups excluding carboxylic acids is 2. The van der Waals surface area contributed by atoms with E-state index in [1.807, 2.05) is 0 Å². The first kappa shape index (κ1) is 16.4. The number of carbonyl (C=O) groups is 3. The molecule has 0 aromatic heterocycles. The van der Waals surface area contributed by atoms with Crippen LogP contribution in [0.25, 0.3) is 0 Å². The van der Waals surface area contributed by atoms with Gasteiger partial charge < -0.3 is 20.9 Å². The summed E-state index contributed by atoms with van der Waals surface area (Å²) in [6.45, 7) is -0.468. The number of nitrogens with two attached hydrogens (primary N) is 1. The van der Waals surface area contributed by atoms with Crippen LogP contribution in [0.4, 0.5) is 4.39 Å². The molecule has 0 aliphatic carbocycles. The molecule has 21 heavy (non-hydrogen) atoms. The van der Waals surface area contributed by atoms with E-state index >= 15 is 0 Å². The Morgan fingerprint density at radius 3 is 2.67 bits per heavy atom. The van der Waals surface area contributed by atoms with E-state index in [1.165, 1.54) is 18.2 Å². The van der Waals surface area contributed by atoms with Crippen molar-refractivity contribution in [1.29, 1.82) is 0 Å². The zero-order valence-corrected chi connectivity index (χ0v) is 11.0. The van der Waals surface area contributed by atoms with Crippen molar-refractivity contribution >= 4 is 17.8 Å². The maximum absolute atomic E-state index is 12.9. The first-order valence-electron chi connectivity index (χ1n) is 6.07. The smallest absolute Gasteiger partial charge is 0.326 e. The molecule has 0 saturated carbocycles. The fourth-order valence-corrected chi connectivity index (χ4v) is 1.49. The van der Waals surface area contributed by atoms with Crippen molar-refractivity contribution in [2.75, 3.05) is 6.61 Å². The van der Waals surface area contributed by atoms with Gasteiger partial charge in [-0.2, -0.15) is 0 Å². The number of amides is 2. The summed E-state index contributed by atoms with van der Waals surface area (Å²) < 4.78 is 17.9. The molecule has 1 atom stereocenters. The number of ether oxygens (including phenoxy) is 1. The number of hydrogen-bond donors (Lipinski definition) is 3.